The van der Waals surface area contributed by atoms with Crippen molar-refractivity contribution in [2.45, 2.75) is 0 Å². The molecule has 0 bridgehead atoms. The molecule has 0 spiro atoms. The highest BCUT2D eigenvalue weighted by Gasteiger charge is 2.15. The molecule has 0 saturated carbocycles. The van der Waals surface area contributed by atoms with Crippen molar-refractivity contribution in [1.82, 2.24) is 4.98 Å². The second-order valence-electron chi connectivity index (χ2n) is 4.84. The standard InChI is InChI=1S/C16H12N2O6/c1-22-13-7-11-12(8-14(13)23-2)17-15(24-16(11)19)9-4-3-5-10(6-9)18(20)21/h3-8H,1-2H3. The number of rotatable bonds is 4. The van der Waals surface area contributed by atoms with E-state index in [0.717, 1.165) is 0 Å². The van der Waals surface area contributed by atoms with E-state index in [2.05, 4.69) is 4.98 Å². The third-order valence-corrected chi connectivity index (χ3v) is 3.44. The van der Waals surface area contributed by atoms with Crippen LogP contribution in [-0.4, -0.2) is 24.1 Å². The summed E-state index contributed by atoms with van der Waals surface area (Å²) in [6, 6.07) is 8.73. The maximum absolute atomic E-state index is 12.2. The fraction of sp³-hybridized carbons (Fsp3) is 0.125. The Labute approximate surface area is 135 Å². The van der Waals surface area contributed by atoms with Crippen molar-refractivity contribution >= 4 is 16.6 Å². The van der Waals surface area contributed by atoms with E-state index in [-0.39, 0.29) is 17.0 Å². The third-order valence-electron chi connectivity index (χ3n) is 3.44. The Bertz CT molecular complexity index is 996. The van der Waals surface area contributed by atoms with Crippen LogP contribution in [0.25, 0.3) is 22.4 Å². The molecule has 0 amide bonds. The van der Waals surface area contributed by atoms with Gasteiger partial charge >= 0.3 is 5.63 Å². The van der Waals surface area contributed by atoms with E-state index >= 15 is 0 Å². The van der Waals surface area contributed by atoms with Gasteiger partial charge in [-0.15, -0.1) is 0 Å². The second-order valence-corrected chi connectivity index (χ2v) is 4.84. The van der Waals surface area contributed by atoms with Gasteiger partial charge in [0.1, 0.15) is 0 Å². The van der Waals surface area contributed by atoms with Crippen LogP contribution in [0.2, 0.25) is 0 Å². The largest absolute Gasteiger partial charge is 0.493 e. The number of hydrogen-bond donors (Lipinski definition) is 0. The molecule has 2 aromatic carbocycles. The lowest BCUT2D eigenvalue weighted by atomic mass is 10.2. The molecule has 0 saturated heterocycles. The Hall–Kier alpha value is -3.42. The Morgan fingerprint density at radius 1 is 1.12 bits per heavy atom. The first-order valence-electron chi connectivity index (χ1n) is 6.85. The molecule has 0 aliphatic rings. The quantitative estimate of drug-likeness (QED) is 0.535. The van der Waals surface area contributed by atoms with Crippen LogP contribution in [0, 0.1) is 10.1 Å². The van der Waals surface area contributed by atoms with Crippen molar-refractivity contribution in [3.63, 3.8) is 0 Å². The van der Waals surface area contributed by atoms with Gasteiger partial charge in [0.05, 0.1) is 30.0 Å². The van der Waals surface area contributed by atoms with E-state index in [1.54, 1.807) is 12.1 Å². The minimum Gasteiger partial charge on any atom is -0.493 e. The lowest BCUT2D eigenvalue weighted by molar-refractivity contribution is -0.384. The number of hydrogen-bond acceptors (Lipinski definition) is 7. The normalized spacial score (nSPS) is 10.6. The Kier molecular flexibility index (Phi) is 3.87. The Balaban J connectivity index is 2.22. The van der Waals surface area contributed by atoms with Crippen molar-refractivity contribution < 1.29 is 18.8 Å². The first-order chi connectivity index (χ1) is 11.5. The molecule has 0 radical (unpaired) electrons. The van der Waals surface area contributed by atoms with E-state index in [1.807, 2.05) is 0 Å². The highest BCUT2D eigenvalue weighted by atomic mass is 16.6. The van der Waals surface area contributed by atoms with Gasteiger partial charge in [0.15, 0.2) is 11.5 Å². The third kappa shape index (κ3) is 2.65. The zero-order valence-electron chi connectivity index (χ0n) is 12.8. The van der Waals surface area contributed by atoms with Crippen molar-refractivity contribution in [3.8, 4) is 23.0 Å². The van der Waals surface area contributed by atoms with Crippen molar-refractivity contribution in [1.29, 1.82) is 0 Å². The van der Waals surface area contributed by atoms with Crippen LogP contribution in [0.3, 0.4) is 0 Å². The molecule has 0 N–H and O–H groups in total. The van der Waals surface area contributed by atoms with Gasteiger partial charge in [-0.25, -0.2) is 9.78 Å². The van der Waals surface area contributed by atoms with Crippen LogP contribution in [0.5, 0.6) is 11.5 Å². The molecule has 1 heterocycles. The summed E-state index contributed by atoms with van der Waals surface area (Å²) in [4.78, 5) is 26.8. The van der Waals surface area contributed by atoms with Gasteiger partial charge in [-0.3, -0.25) is 10.1 Å². The summed E-state index contributed by atoms with van der Waals surface area (Å²) in [5.74, 6) is 0.777. The van der Waals surface area contributed by atoms with Crippen LogP contribution in [0.4, 0.5) is 5.69 Å². The first kappa shape index (κ1) is 15.5. The number of non-ortho nitro benzene ring substituents is 1. The fourth-order valence-corrected chi connectivity index (χ4v) is 2.28. The minimum absolute atomic E-state index is 0.0107. The van der Waals surface area contributed by atoms with Crippen LogP contribution in [-0.2, 0) is 0 Å². The molecule has 122 valence electrons. The lowest BCUT2D eigenvalue weighted by Crippen LogP contribution is -2.04. The van der Waals surface area contributed by atoms with E-state index < -0.39 is 10.5 Å². The van der Waals surface area contributed by atoms with Gasteiger partial charge in [0, 0.05) is 29.8 Å². The van der Waals surface area contributed by atoms with Crippen molar-refractivity contribution in [2.24, 2.45) is 0 Å². The van der Waals surface area contributed by atoms with Crippen molar-refractivity contribution in [2.75, 3.05) is 14.2 Å². The molecule has 0 unspecified atom stereocenters. The van der Waals surface area contributed by atoms with Crippen LogP contribution >= 0.6 is 0 Å². The smallest absolute Gasteiger partial charge is 0.347 e. The summed E-state index contributed by atoms with van der Waals surface area (Å²) in [5.41, 5.74) is -0.0739. The van der Waals surface area contributed by atoms with E-state index in [4.69, 9.17) is 13.9 Å². The molecular formula is C16H12N2O6. The van der Waals surface area contributed by atoms with Gasteiger partial charge in [-0.2, -0.15) is 0 Å². The minimum atomic E-state index is -0.623. The van der Waals surface area contributed by atoms with Gasteiger partial charge in [-0.05, 0) is 6.07 Å². The molecule has 0 aliphatic carbocycles. The predicted octanol–water partition coefficient (Wildman–Crippen LogP) is 2.78. The molecule has 0 fully saturated rings. The summed E-state index contributed by atoms with van der Waals surface area (Å²) in [6.07, 6.45) is 0. The molecule has 3 aromatic rings. The van der Waals surface area contributed by atoms with Gasteiger partial charge in [-0.1, -0.05) is 6.07 Å². The zero-order valence-corrected chi connectivity index (χ0v) is 12.8. The SMILES string of the molecule is COc1cc2nc(-c3cccc([N+](=O)[O-])c3)oc(=O)c2cc1OC. The van der Waals surface area contributed by atoms with E-state index in [1.165, 1.54) is 38.5 Å². The molecule has 1 aromatic heterocycles. The molecule has 3 rings (SSSR count). The molecule has 8 nitrogen and oxygen atoms in total. The zero-order chi connectivity index (χ0) is 17.3. The summed E-state index contributed by atoms with van der Waals surface area (Å²) < 4.78 is 15.5. The molecule has 8 heteroatoms. The van der Waals surface area contributed by atoms with Gasteiger partial charge in [0.25, 0.3) is 5.69 Å². The summed E-state index contributed by atoms with van der Waals surface area (Å²) >= 11 is 0. The topological polar surface area (TPSA) is 105 Å². The summed E-state index contributed by atoms with van der Waals surface area (Å²) in [6.45, 7) is 0. The van der Waals surface area contributed by atoms with Crippen LogP contribution < -0.4 is 15.1 Å². The maximum atomic E-state index is 12.2. The molecule has 0 aliphatic heterocycles. The highest BCUT2D eigenvalue weighted by Crippen LogP contribution is 2.31. The number of benzene rings is 2. The fourth-order valence-electron chi connectivity index (χ4n) is 2.28. The number of nitro groups is 1. The van der Waals surface area contributed by atoms with Crippen LogP contribution in [0.15, 0.2) is 45.6 Å². The average molecular weight is 328 g/mol. The molecule has 24 heavy (non-hydrogen) atoms. The number of nitro benzene ring substituents is 1. The Morgan fingerprint density at radius 2 is 1.83 bits per heavy atom. The van der Waals surface area contributed by atoms with E-state index in [0.29, 0.717) is 22.6 Å². The molecular weight excluding hydrogens is 316 g/mol. The monoisotopic (exact) mass is 328 g/mol. The predicted molar refractivity (Wildman–Crippen MR) is 85.5 cm³/mol. The van der Waals surface area contributed by atoms with Crippen LogP contribution in [0.1, 0.15) is 0 Å². The number of aromatic nitrogens is 1. The average Bonchev–Trinajstić information content (AvgIpc) is 2.60. The van der Waals surface area contributed by atoms with Gasteiger partial charge < -0.3 is 13.9 Å². The highest BCUT2D eigenvalue weighted by molar-refractivity contribution is 5.82. The maximum Gasteiger partial charge on any atom is 0.347 e. The van der Waals surface area contributed by atoms with Crippen molar-refractivity contribution in [3.05, 3.63) is 56.9 Å². The number of nitrogens with zero attached hydrogens (tertiary/aromatic N) is 2. The number of methoxy groups -OCH3 is 2. The molecule has 0 atom stereocenters. The Morgan fingerprint density at radius 3 is 2.50 bits per heavy atom. The lowest BCUT2D eigenvalue weighted by Gasteiger charge is -2.08. The van der Waals surface area contributed by atoms with E-state index in [9.17, 15) is 14.9 Å². The summed E-state index contributed by atoms with van der Waals surface area (Å²) in [5, 5.41) is 11.1. The first-order valence-corrected chi connectivity index (χ1v) is 6.85. The summed E-state index contributed by atoms with van der Waals surface area (Å²) in [7, 11) is 2.92. The van der Waals surface area contributed by atoms with Gasteiger partial charge in [0.2, 0.25) is 5.89 Å². The second kappa shape index (κ2) is 5.99. The number of fused-ring (bicyclic) bond motifs is 1. The number of ether oxygens (including phenoxy) is 2.